The molecule has 0 fully saturated rings. The summed E-state index contributed by atoms with van der Waals surface area (Å²) in [7, 11) is 0. The highest BCUT2D eigenvalue weighted by Crippen LogP contribution is 2.19. The van der Waals surface area contributed by atoms with Crippen molar-refractivity contribution in [1.29, 1.82) is 0 Å². The molecule has 0 aliphatic carbocycles. The maximum absolute atomic E-state index is 11.2. The molecule has 1 amide bonds. The Hall–Kier alpha value is -1.16. The van der Waals surface area contributed by atoms with Gasteiger partial charge in [0.05, 0.1) is 19.6 Å². The smallest absolute Gasteiger partial charge is 0.217 e. The van der Waals surface area contributed by atoms with Crippen molar-refractivity contribution >= 4 is 11.7 Å². The Morgan fingerprint density at radius 3 is 2.13 bits per heavy atom. The second kappa shape index (κ2) is 17.5. The van der Waals surface area contributed by atoms with Crippen LogP contribution in [0.4, 0.5) is 0 Å². The van der Waals surface area contributed by atoms with Gasteiger partial charge in [-0.1, -0.05) is 70.4 Å². The quantitative estimate of drug-likeness (QED) is 0.146. The van der Waals surface area contributed by atoms with Gasteiger partial charge in [0, 0.05) is 13.3 Å². The van der Waals surface area contributed by atoms with Gasteiger partial charge in [0.1, 0.15) is 13.1 Å². The first-order valence-electron chi connectivity index (χ1n) is 12.9. The Morgan fingerprint density at radius 1 is 0.933 bits per heavy atom. The fraction of sp³-hybridized carbons (Fsp3) is 0.846. The molecule has 0 aromatic rings. The van der Waals surface area contributed by atoms with Crippen LogP contribution in [0.5, 0.6) is 0 Å². The lowest BCUT2D eigenvalue weighted by Gasteiger charge is -2.33. The number of allylic oxidation sites excluding steroid dienone is 2. The molecule has 4 heteroatoms. The lowest BCUT2D eigenvalue weighted by molar-refractivity contribution is -0.833. The molecule has 1 unspecified atom stereocenters. The monoisotopic (exact) mass is 420 g/mol. The molecule has 0 saturated carbocycles. The van der Waals surface area contributed by atoms with Crippen molar-refractivity contribution in [1.82, 2.24) is 5.32 Å². The number of rotatable bonds is 19. The number of unbranched alkanes of at least 4 members (excludes halogenated alkanes) is 11. The molecule has 1 atom stereocenters. The molecule has 0 aromatic carbocycles. The van der Waals surface area contributed by atoms with Crippen molar-refractivity contribution in [2.75, 3.05) is 32.7 Å². The van der Waals surface area contributed by atoms with E-state index in [1.165, 1.54) is 89.3 Å². The number of amides is 1. The Kier molecular flexibility index (Phi) is 15.7. The van der Waals surface area contributed by atoms with Crippen LogP contribution in [0.25, 0.3) is 0 Å². The van der Waals surface area contributed by atoms with Gasteiger partial charge in [0.25, 0.3) is 0 Å². The zero-order chi connectivity index (χ0) is 21.9. The molecule has 0 saturated heterocycles. The van der Waals surface area contributed by atoms with Crippen LogP contribution >= 0.6 is 0 Å². The van der Waals surface area contributed by atoms with Crippen molar-refractivity contribution in [2.45, 2.75) is 111 Å². The van der Waals surface area contributed by atoms with E-state index in [-0.39, 0.29) is 5.91 Å². The Morgan fingerprint density at radius 2 is 1.53 bits per heavy atom. The minimum absolute atomic E-state index is 0.0680. The van der Waals surface area contributed by atoms with E-state index in [9.17, 15) is 4.79 Å². The molecular formula is C26H50N3O+. The second-order valence-corrected chi connectivity index (χ2v) is 9.02. The van der Waals surface area contributed by atoms with Gasteiger partial charge in [-0.05, 0) is 39.0 Å². The molecule has 0 spiro atoms. The van der Waals surface area contributed by atoms with Gasteiger partial charge >= 0.3 is 0 Å². The van der Waals surface area contributed by atoms with Crippen molar-refractivity contribution in [3.8, 4) is 0 Å². The average molecular weight is 421 g/mol. The lowest BCUT2D eigenvalue weighted by atomic mass is 10.1. The van der Waals surface area contributed by atoms with Crippen LogP contribution in [0.1, 0.15) is 111 Å². The molecule has 4 nitrogen and oxygen atoms in total. The van der Waals surface area contributed by atoms with E-state index in [0.717, 1.165) is 43.6 Å². The van der Waals surface area contributed by atoms with E-state index < -0.39 is 0 Å². The molecule has 1 heterocycles. The normalized spacial score (nSPS) is 18.8. The van der Waals surface area contributed by atoms with E-state index in [4.69, 9.17) is 4.99 Å². The third-order valence-corrected chi connectivity index (χ3v) is 6.55. The molecule has 1 aliphatic heterocycles. The number of carbonyl (C=O) groups is 1. The molecule has 30 heavy (non-hydrogen) atoms. The predicted octanol–water partition coefficient (Wildman–Crippen LogP) is 6.41. The minimum atomic E-state index is 0.0680. The number of carbonyl (C=O) groups excluding carboxylic acids is 1. The Labute approximate surface area is 187 Å². The van der Waals surface area contributed by atoms with Crippen molar-refractivity contribution in [3.05, 3.63) is 12.2 Å². The average Bonchev–Trinajstić information content (AvgIpc) is 3.13. The summed E-state index contributed by atoms with van der Waals surface area (Å²) < 4.78 is 0.988. The van der Waals surface area contributed by atoms with Gasteiger partial charge in [-0.15, -0.1) is 0 Å². The topological polar surface area (TPSA) is 41.5 Å². The van der Waals surface area contributed by atoms with Crippen molar-refractivity contribution < 1.29 is 9.28 Å². The summed E-state index contributed by atoms with van der Waals surface area (Å²) in [5.74, 6) is 1.44. The van der Waals surface area contributed by atoms with Gasteiger partial charge in [0.15, 0.2) is 5.84 Å². The zero-order valence-corrected chi connectivity index (χ0v) is 20.4. The first-order valence-corrected chi connectivity index (χ1v) is 12.9. The maximum atomic E-state index is 11.2. The third kappa shape index (κ3) is 11.9. The van der Waals surface area contributed by atoms with E-state index in [2.05, 4.69) is 31.3 Å². The van der Waals surface area contributed by atoms with E-state index in [1.807, 2.05) is 0 Å². The molecule has 0 bridgehead atoms. The summed E-state index contributed by atoms with van der Waals surface area (Å²) in [6.45, 7) is 11.0. The fourth-order valence-electron chi connectivity index (χ4n) is 4.51. The number of hydrogen-bond acceptors (Lipinski definition) is 2. The van der Waals surface area contributed by atoms with Crippen molar-refractivity contribution in [2.24, 2.45) is 4.99 Å². The SMILES string of the molecule is CCCCCCCCC/C=C/CCCCCCC1=NCC[N+]1(CC)CCNC(C)=O. The molecule has 1 N–H and O–H groups in total. The molecule has 0 aromatic heterocycles. The van der Waals surface area contributed by atoms with E-state index in [1.54, 1.807) is 6.92 Å². The van der Waals surface area contributed by atoms with Gasteiger partial charge in [-0.3, -0.25) is 9.28 Å². The largest absolute Gasteiger partial charge is 0.351 e. The second-order valence-electron chi connectivity index (χ2n) is 9.02. The van der Waals surface area contributed by atoms with Crippen LogP contribution < -0.4 is 5.32 Å². The summed E-state index contributed by atoms with van der Waals surface area (Å²) in [5.41, 5.74) is 0. The fourth-order valence-corrected chi connectivity index (χ4v) is 4.51. The number of aliphatic imine (C=N–C) groups is 1. The van der Waals surface area contributed by atoms with Crippen LogP contribution in [-0.2, 0) is 4.79 Å². The van der Waals surface area contributed by atoms with Gasteiger partial charge < -0.3 is 5.32 Å². The molecular weight excluding hydrogens is 370 g/mol. The van der Waals surface area contributed by atoms with Crippen LogP contribution in [0.15, 0.2) is 17.1 Å². The Bertz CT molecular complexity index is 501. The first kappa shape index (κ1) is 26.9. The highest BCUT2D eigenvalue weighted by atomic mass is 16.1. The summed E-state index contributed by atoms with van der Waals surface area (Å²) in [5, 5.41) is 2.96. The van der Waals surface area contributed by atoms with Crippen LogP contribution in [0.3, 0.4) is 0 Å². The highest BCUT2D eigenvalue weighted by molar-refractivity contribution is 5.77. The van der Waals surface area contributed by atoms with E-state index in [0.29, 0.717) is 0 Å². The third-order valence-electron chi connectivity index (χ3n) is 6.55. The summed E-state index contributed by atoms with van der Waals surface area (Å²) in [6, 6.07) is 0. The van der Waals surface area contributed by atoms with Gasteiger partial charge in [0.2, 0.25) is 5.91 Å². The highest BCUT2D eigenvalue weighted by Gasteiger charge is 2.35. The number of amidine groups is 1. The van der Waals surface area contributed by atoms with Crippen LogP contribution in [0, 0.1) is 0 Å². The maximum Gasteiger partial charge on any atom is 0.217 e. The molecule has 0 radical (unpaired) electrons. The Balaban J connectivity index is 2.03. The predicted molar refractivity (Wildman–Crippen MR) is 131 cm³/mol. The minimum Gasteiger partial charge on any atom is -0.351 e. The molecule has 1 rings (SSSR count). The van der Waals surface area contributed by atoms with Crippen molar-refractivity contribution in [3.63, 3.8) is 0 Å². The van der Waals surface area contributed by atoms with Crippen LogP contribution in [0.2, 0.25) is 0 Å². The number of nitrogens with zero attached hydrogens (tertiary/aromatic N) is 2. The summed E-state index contributed by atoms with van der Waals surface area (Å²) >= 11 is 0. The summed E-state index contributed by atoms with van der Waals surface area (Å²) in [4.78, 5) is 16.0. The number of nitrogens with one attached hydrogen (secondary N) is 1. The van der Waals surface area contributed by atoms with Crippen LogP contribution in [-0.4, -0.2) is 48.9 Å². The van der Waals surface area contributed by atoms with Gasteiger partial charge in [-0.2, -0.15) is 0 Å². The lowest BCUT2D eigenvalue weighted by Crippen LogP contribution is -2.54. The van der Waals surface area contributed by atoms with Gasteiger partial charge in [-0.25, -0.2) is 4.99 Å². The zero-order valence-electron chi connectivity index (χ0n) is 20.4. The number of quaternary nitrogens is 1. The molecule has 174 valence electrons. The standard InChI is InChI=1S/C26H49N3O/c1-4-6-7-8-9-10-11-12-13-14-15-16-17-18-19-20-26-28-22-24-29(26,5-2)23-21-27-25(3)30/h13-14H,4-12,15-24H2,1-3H3/p+1/b14-13+. The number of hydrogen-bond donors (Lipinski definition) is 1. The first-order chi connectivity index (χ1) is 14.6. The summed E-state index contributed by atoms with van der Waals surface area (Å²) in [6.07, 6.45) is 23.4. The van der Waals surface area contributed by atoms with E-state index >= 15 is 0 Å². The number of likely N-dealkylation sites (N-methyl/N-ethyl adjacent to an activating group) is 1. The molecule has 1 aliphatic rings.